The summed E-state index contributed by atoms with van der Waals surface area (Å²) in [6, 6.07) is 0. The molecule has 2 rings (SSSR count). The number of carbonyl (C=O) groups is 1. The number of aromatic nitrogens is 3. The standard InChI is InChI=1S/C10H15N3O3S/c1-2-13-9(7-3-4-16-5-7)11-12-10(13)17-6-8(14)15/h7H,2-6H2,1H3,(H,14,15). The molecule has 1 aliphatic heterocycles. The molecule has 1 aromatic rings. The van der Waals surface area contributed by atoms with E-state index < -0.39 is 5.97 Å². The van der Waals surface area contributed by atoms with Crippen molar-refractivity contribution in [2.45, 2.75) is 31.0 Å². The predicted octanol–water partition coefficient (Wildman–Crippen LogP) is 0.979. The molecule has 1 aromatic heterocycles. The lowest BCUT2D eigenvalue weighted by Crippen LogP contribution is -2.09. The largest absolute Gasteiger partial charge is 0.481 e. The van der Waals surface area contributed by atoms with Gasteiger partial charge in [0.25, 0.3) is 0 Å². The van der Waals surface area contributed by atoms with Crippen molar-refractivity contribution in [3.63, 3.8) is 0 Å². The third-order valence-electron chi connectivity index (χ3n) is 2.68. The Bertz CT molecular complexity index is 402. The molecular weight excluding hydrogens is 242 g/mol. The maximum absolute atomic E-state index is 10.5. The zero-order chi connectivity index (χ0) is 12.3. The van der Waals surface area contributed by atoms with E-state index in [1.165, 1.54) is 11.8 Å². The average molecular weight is 257 g/mol. The summed E-state index contributed by atoms with van der Waals surface area (Å²) < 4.78 is 7.32. The van der Waals surface area contributed by atoms with Gasteiger partial charge in [-0.15, -0.1) is 10.2 Å². The molecule has 17 heavy (non-hydrogen) atoms. The van der Waals surface area contributed by atoms with Crippen LogP contribution in [0.25, 0.3) is 0 Å². The number of rotatable bonds is 5. The fourth-order valence-corrected chi connectivity index (χ4v) is 2.60. The lowest BCUT2D eigenvalue weighted by Gasteiger charge is -2.10. The molecule has 0 aromatic carbocycles. The van der Waals surface area contributed by atoms with Gasteiger partial charge in [-0.1, -0.05) is 11.8 Å². The Labute approximate surface area is 103 Å². The van der Waals surface area contributed by atoms with Crippen LogP contribution in [0.15, 0.2) is 5.16 Å². The van der Waals surface area contributed by atoms with Crippen molar-refractivity contribution >= 4 is 17.7 Å². The molecule has 0 radical (unpaired) electrons. The number of hydrogen-bond donors (Lipinski definition) is 1. The summed E-state index contributed by atoms with van der Waals surface area (Å²) in [7, 11) is 0. The summed E-state index contributed by atoms with van der Waals surface area (Å²) in [5.74, 6) is 0.380. The van der Waals surface area contributed by atoms with E-state index in [-0.39, 0.29) is 5.75 Å². The number of carboxylic acids is 1. The van der Waals surface area contributed by atoms with Crippen molar-refractivity contribution in [2.75, 3.05) is 19.0 Å². The van der Waals surface area contributed by atoms with E-state index in [0.29, 0.717) is 17.7 Å². The van der Waals surface area contributed by atoms with E-state index in [0.717, 1.165) is 25.4 Å². The molecule has 6 nitrogen and oxygen atoms in total. The molecule has 1 unspecified atom stereocenters. The summed E-state index contributed by atoms with van der Waals surface area (Å²) in [6.07, 6.45) is 0.960. The van der Waals surface area contributed by atoms with Crippen molar-refractivity contribution in [1.82, 2.24) is 14.8 Å². The van der Waals surface area contributed by atoms with Crippen molar-refractivity contribution in [2.24, 2.45) is 0 Å². The summed E-state index contributed by atoms with van der Waals surface area (Å²) in [4.78, 5) is 10.5. The number of carboxylic acid groups (broad SMARTS) is 1. The SMILES string of the molecule is CCn1c(SCC(=O)O)nnc1C1CCOC1. The van der Waals surface area contributed by atoms with Crippen LogP contribution in [0.2, 0.25) is 0 Å². The number of thioether (sulfide) groups is 1. The first-order chi connectivity index (χ1) is 8.22. The third-order valence-corrected chi connectivity index (χ3v) is 3.63. The summed E-state index contributed by atoms with van der Waals surface area (Å²) >= 11 is 1.21. The minimum Gasteiger partial charge on any atom is -0.481 e. The van der Waals surface area contributed by atoms with Gasteiger partial charge in [0.2, 0.25) is 0 Å². The molecule has 1 fully saturated rings. The Hall–Kier alpha value is -1.08. The lowest BCUT2D eigenvalue weighted by molar-refractivity contribution is -0.133. The smallest absolute Gasteiger partial charge is 0.313 e. The Balaban J connectivity index is 2.14. The molecular formula is C10H15N3O3S. The summed E-state index contributed by atoms with van der Waals surface area (Å²) in [5, 5.41) is 17.6. The molecule has 0 amide bonds. The van der Waals surface area contributed by atoms with Crippen LogP contribution in [-0.2, 0) is 16.1 Å². The third kappa shape index (κ3) is 2.78. The topological polar surface area (TPSA) is 77.2 Å². The highest BCUT2D eigenvalue weighted by Gasteiger charge is 2.24. The highest BCUT2D eigenvalue weighted by molar-refractivity contribution is 7.99. The van der Waals surface area contributed by atoms with Crippen molar-refractivity contribution in [3.8, 4) is 0 Å². The van der Waals surface area contributed by atoms with Crippen LogP contribution in [-0.4, -0.2) is 44.8 Å². The van der Waals surface area contributed by atoms with Gasteiger partial charge >= 0.3 is 5.97 Å². The summed E-state index contributed by atoms with van der Waals surface area (Å²) in [6.45, 7) is 4.20. The maximum atomic E-state index is 10.5. The summed E-state index contributed by atoms with van der Waals surface area (Å²) in [5.41, 5.74) is 0. The Morgan fingerprint density at radius 3 is 3.06 bits per heavy atom. The zero-order valence-electron chi connectivity index (χ0n) is 9.63. The Kier molecular flexibility index (Phi) is 4.01. The van der Waals surface area contributed by atoms with Gasteiger partial charge in [-0.05, 0) is 13.3 Å². The van der Waals surface area contributed by atoms with Crippen molar-refractivity contribution < 1.29 is 14.6 Å². The van der Waals surface area contributed by atoms with Gasteiger partial charge in [-0.3, -0.25) is 4.79 Å². The normalized spacial score (nSPS) is 19.7. The Morgan fingerprint density at radius 2 is 2.47 bits per heavy atom. The van der Waals surface area contributed by atoms with Gasteiger partial charge in [-0.25, -0.2) is 0 Å². The molecule has 2 heterocycles. The molecule has 0 saturated carbocycles. The first kappa shape index (κ1) is 12.4. The van der Waals surface area contributed by atoms with Gasteiger partial charge in [0.15, 0.2) is 5.16 Å². The van der Waals surface area contributed by atoms with Crippen LogP contribution in [0.1, 0.15) is 25.1 Å². The number of ether oxygens (including phenoxy) is 1. The molecule has 7 heteroatoms. The zero-order valence-corrected chi connectivity index (χ0v) is 10.4. The molecule has 1 N–H and O–H groups in total. The van der Waals surface area contributed by atoms with Crippen LogP contribution in [0.3, 0.4) is 0 Å². The monoisotopic (exact) mass is 257 g/mol. The molecule has 94 valence electrons. The van der Waals surface area contributed by atoms with E-state index in [2.05, 4.69) is 10.2 Å². The van der Waals surface area contributed by atoms with Crippen LogP contribution in [0.5, 0.6) is 0 Å². The fourth-order valence-electron chi connectivity index (χ4n) is 1.87. The van der Waals surface area contributed by atoms with E-state index in [1.54, 1.807) is 0 Å². The van der Waals surface area contributed by atoms with E-state index in [4.69, 9.17) is 9.84 Å². The van der Waals surface area contributed by atoms with Crippen LogP contribution in [0, 0.1) is 0 Å². The quantitative estimate of drug-likeness (QED) is 0.792. The molecule has 0 spiro atoms. The fraction of sp³-hybridized carbons (Fsp3) is 0.700. The van der Waals surface area contributed by atoms with Crippen molar-refractivity contribution in [3.05, 3.63) is 5.82 Å². The number of hydrogen-bond acceptors (Lipinski definition) is 5. The highest BCUT2D eigenvalue weighted by atomic mass is 32.2. The minimum absolute atomic E-state index is 0.0132. The van der Waals surface area contributed by atoms with Crippen LogP contribution < -0.4 is 0 Å². The van der Waals surface area contributed by atoms with E-state index in [1.807, 2.05) is 11.5 Å². The maximum Gasteiger partial charge on any atom is 0.313 e. The Morgan fingerprint density at radius 1 is 1.65 bits per heavy atom. The van der Waals surface area contributed by atoms with E-state index in [9.17, 15) is 4.79 Å². The van der Waals surface area contributed by atoms with Gasteiger partial charge in [0.05, 0.1) is 12.4 Å². The second kappa shape index (κ2) is 5.50. The first-order valence-electron chi connectivity index (χ1n) is 5.57. The highest BCUT2D eigenvalue weighted by Crippen LogP contribution is 2.27. The molecule has 1 aliphatic rings. The van der Waals surface area contributed by atoms with Gasteiger partial charge < -0.3 is 14.4 Å². The van der Waals surface area contributed by atoms with Crippen LogP contribution >= 0.6 is 11.8 Å². The van der Waals surface area contributed by atoms with Crippen LogP contribution in [0.4, 0.5) is 0 Å². The van der Waals surface area contributed by atoms with Gasteiger partial charge in [-0.2, -0.15) is 0 Å². The second-order valence-corrected chi connectivity index (χ2v) is 4.77. The predicted molar refractivity (Wildman–Crippen MR) is 62.2 cm³/mol. The first-order valence-corrected chi connectivity index (χ1v) is 6.56. The molecule has 0 bridgehead atoms. The van der Waals surface area contributed by atoms with Gasteiger partial charge in [0.1, 0.15) is 5.82 Å². The number of aliphatic carboxylic acids is 1. The second-order valence-electron chi connectivity index (χ2n) is 3.83. The van der Waals surface area contributed by atoms with Crippen molar-refractivity contribution in [1.29, 1.82) is 0 Å². The molecule has 0 aliphatic carbocycles. The average Bonchev–Trinajstić information content (AvgIpc) is 2.94. The van der Waals surface area contributed by atoms with E-state index >= 15 is 0 Å². The van der Waals surface area contributed by atoms with Gasteiger partial charge in [0, 0.05) is 19.1 Å². The molecule has 1 saturated heterocycles. The molecule has 1 atom stereocenters. The lowest BCUT2D eigenvalue weighted by atomic mass is 10.1. The number of nitrogens with zero attached hydrogens (tertiary/aromatic N) is 3. The minimum atomic E-state index is -0.841.